The molecular formula is C15H12BrClFNO. The summed E-state index contributed by atoms with van der Waals surface area (Å²) in [6.07, 6.45) is 0. The summed E-state index contributed by atoms with van der Waals surface area (Å²) in [5.41, 5.74) is 1.74. The highest BCUT2D eigenvalue weighted by Gasteiger charge is 2.10. The van der Waals surface area contributed by atoms with Crippen LogP contribution in [0, 0.1) is 12.7 Å². The van der Waals surface area contributed by atoms with E-state index in [0.717, 1.165) is 10.0 Å². The molecule has 0 radical (unpaired) electrons. The number of hydrogen-bond donors (Lipinski definition) is 1. The van der Waals surface area contributed by atoms with Crippen molar-refractivity contribution in [3.8, 4) is 0 Å². The average Bonchev–Trinajstić information content (AvgIpc) is 2.42. The molecule has 0 aliphatic carbocycles. The Morgan fingerprint density at radius 2 is 2.05 bits per heavy atom. The summed E-state index contributed by atoms with van der Waals surface area (Å²) in [6, 6.07) is 9.71. The molecule has 0 aromatic heterocycles. The van der Waals surface area contributed by atoms with Crippen molar-refractivity contribution in [1.29, 1.82) is 0 Å². The van der Waals surface area contributed by atoms with Gasteiger partial charge >= 0.3 is 0 Å². The van der Waals surface area contributed by atoms with Gasteiger partial charge in [0.1, 0.15) is 5.82 Å². The maximum absolute atomic E-state index is 13.6. The van der Waals surface area contributed by atoms with Gasteiger partial charge in [-0.25, -0.2) is 4.39 Å². The van der Waals surface area contributed by atoms with Crippen molar-refractivity contribution in [2.75, 3.05) is 0 Å². The Labute approximate surface area is 130 Å². The van der Waals surface area contributed by atoms with Crippen molar-refractivity contribution in [2.45, 2.75) is 13.5 Å². The van der Waals surface area contributed by atoms with E-state index in [4.69, 9.17) is 11.6 Å². The highest BCUT2D eigenvalue weighted by molar-refractivity contribution is 9.10. The van der Waals surface area contributed by atoms with Gasteiger partial charge in [0, 0.05) is 27.2 Å². The first-order valence-corrected chi connectivity index (χ1v) is 7.13. The van der Waals surface area contributed by atoms with Gasteiger partial charge in [0.25, 0.3) is 5.91 Å². The maximum atomic E-state index is 13.6. The fraction of sp³-hybridized carbons (Fsp3) is 0.133. The summed E-state index contributed by atoms with van der Waals surface area (Å²) in [7, 11) is 0. The third-order valence-electron chi connectivity index (χ3n) is 2.89. The lowest BCUT2D eigenvalue weighted by atomic mass is 10.1. The zero-order chi connectivity index (χ0) is 14.7. The van der Waals surface area contributed by atoms with Crippen molar-refractivity contribution >= 4 is 33.4 Å². The first kappa shape index (κ1) is 15.0. The molecule has 0 spiro atoms. The lowest BCUT2D eigenvalue weighted by Gasteiger charge is -2.09. The second kappa shape index (κ2) is 6.37. The minimum absolute atomic E-state index is 0.121. The number of rotatable bonds is 3. The van der Waals surface area contributed by atoms with Crippen molar-refractivity contribution in [3.05, 3.63) is 68.4 Å². The molecule has 2 rings (SSSR count). The molecule has 1 amide bonds. The average molecular weight is 357 g/mol. The Balaban J connectivity index is 2.12. The Kier molecular flexibility index (Phi) is 4.78. The minimum Gasteiger partial charge on any atom is -0.348 e. The van der Waals surface area contributed by atoms with E-state index in [1.807, 2.05) is 6.92 Å². The van der Waals surface area contributed by atoms with Gasteiger partial charge in [0.05, 0.1) is 0 Å². The number of nitrogens with one attached hydrogen (secondary N) is 1. The smallest absolute Gasteiger partial charge is 0.251 e. The van der Waals surface area contributed by atoms with Gasteiger partial charge in [0.15, 0.2) is 0 Å². The molecule has 104 valence electrons. The number of amides is 1. The quantitative estimate of drug-likeness (QED) is 0.863. The zero-order valence-corrected chi connectivity index (χ0v) is 13.1. The molecule has 5 heteroatoms. The van der Waals surface area contributed by atoms with Gasteiger partial charge in [0.2, 0.25) is 0 Å². The molecule has 2 nitrogen and oxygen atoms in total. The highest BCUT2D eigenvalue weighted by Crippen LogP contribution is 2.17. The van der Waals surface area contributed by atoms with Gasteiger partial charge < -0.3 is 5.32 Å². The first-order valence-electron chi connectivity index (χ1n) is 5.95. The molecule has 0 saturated heterocycles. The van der Waals surface area contributed by atoms with Crippen LogP contribution in [0.15, 0.2) is 40.9 Å². The summed E-state index contributed by atoms with van der Waals surface area (Å²) in [5.74, 6) is -0.624. The molecule has 0 atom stereocenters. The molecule has 2 aromatic carbocycles. The van der Waals surface area contributed by atoms with Crippen LogP contribution in [0.4, 0.5) is 4.39 Å². The third-order valence-corrected chi connectivity index (χ3v) is 3.62. The van der Waals surface area contributed by atoms with Gasteiger partial charge in [-0.1, -0.05) is 33.6 Å². The van der Waals surface area contributed by atoms with E-state index in [9.17, 15) is 9.18 Å². The number of hydrogen-bond acceptors (Lipinski definition) is 1. The van der Waals surface area contributed by atoms with Crippen molar-refractivity contribution in [2.24, 2.45) is 0 Å². The van der Waals surface area contributed by atoms with Gasteiger partial charge in [-0.05, 0) is 42.8 Å². The van der Waals surface area contributed by atoms with E-state index in [1.165, 1.54) is 6.07 Å². The van der Waals surface area contributed by atoms with Crippen LogP contribution >= 0.6 is 27.5 Å². The molecular weight excluding hydrogens is 345 g/mol. The summed E-state index contributed by atoms with van der Waals surface area (Å²) >= 11 is 9.15. The first-order chi connectivity index (χ1) is 9.47. The highest BCUT2D eigenvalue weighted by atomic mass is 79.9. The van der Waals surface area contributed by atoms with Gasteiger partial charge in [-0.3, -0.25) is 4.79 Å². The fourth-order valence-corrected chi connectivity index (χ4v) is 2.37. The van der Waals surface area contributed by atoms with Crippen LogP contribution in [-0.2, 0) is 6.54 Å². The largest absolute Gasteiger partial charge is 0.348 e. The van der Waals surface area contributed by atoms with Crippen LogP contribution in [-0.4, -0.2) is 5.91 Å². The zero-order valence-electron chi connectivity index (χ0n) is 10.7. The third kappa shape index (κ3) is 3.58. The molecule has 2 aromatic rings. The number of carbonyl (C=O) groups is 1. The van der Waals surface area contributed by atoms with E-state index >= 15 is 0 Å². The fourth-order valence-electron chi connectivity index (χ4n) is 1.79. The summed E-state index contributed by atoms with van der Waals surface area (Å²) in [4.78, 5) is 12.1. The van der Waals surface area contributed by atoms with Crippen LogP contribution in [0.3, 0.4) is 0 Å². The maximum Gasteiger partial charge on any atom is 0.251 e. The topological polar surface area (TPSA) is 29.1 Å². The van der Waals surface area contributed by atoms with E-state index in [2.05, 4.69) is 21.2 Å². The standard InChI is InChI=1S/C15H12BrClFNO/c1-9-2-4-12(17)7-13(9)15(20)19-8-10-6-11(16)3-5-14(10)18/h2-7H,8H2,1H3,(H,19,20). The molecule has 0 saturated carbocycles. The second-order valence-electron chi connectivity index (χ2n) is 4.38. The predicted molar refractivity (Wildman–Crippen MR) is 81.5 cm³/mol. The summed E-state index contributed by atoms with van der Waals surface area (Å²) < 4.78 is 14.3. The van der Waals surface area contributed by atoms with E-state index in [0.29, 0.717) is 16.1 Å². The molecule has 0 heterocycles. The van der Waals surface area contributed by atoms with E-state index < -0.39 is 0 Å². The lowest BCUT2D eigenvalue weighted by Crippen LogP contribution is -2.24. The van der Waals surface area contributed by atoms with Crippen molar-refractivity contribution in [3.63, 3.8) is 0 Å². The van der Waals surface area contributed by atoms with E-state index in [-0.39, 0.29) is 18.3 Å². The lowest BCUT2D eigenvalue weighted by molar-refractivity contribution is 0.0950. The van der Waals surface area contributed by atoms with Gasteiger partial charge in [-0.15, -0.1) is 0 Å². The SMILES string of the molecule is Cc1ccc(Cl)cc1C(=O)NCc1cc(Br)ccc1F. The summed E-state index contributed by atoms with van der Waals surface area (Å²) in [6.45, 7) is 1.95. The normalized spacial score (nSPS) is 10.4. The van der Waals surface area contributed by atoms with Gasteiger partial charge in [-0.2, -0.15) is 0 Å². The van der Waals surface area contributed by atoms with Crippen LogP contribution in [0.2, 0.25) is 5.02 Å². The molecule has 0 fully saturated rings. The Morgan fingerprint density at radius 3 is 2.80 bits per heavy atom. The molecule has 0 aliphatic heterocycles. The van der Waals surface area contributed by atoms with Crippen LogP contribution in [0.1, 0.15) is 21.5 Å². The number of halogens is 3. The Bertz CT molecular complexity index is 660. The Hall–Kier alpha value is -1.39. The second-order valence-corrected chi connectivity index (χ2v) is 5.73. The van der Waals surface area contributed by atoms with Crippen molar-refractivity contribution in [1.82, 2.24) is 5.32 Å². The van der Waals surface area contributed by atoms with Crippen molar-refractivity contribution < 1.29 is 9.18 Å². The molecule has 0 aliphatic rings. The molecule has 1 N–H and O–H groups in total. The minimum atomic E-state index is -0.351. The number of aryl methyl sites for hydroxylation is 1. The molecule has 20 heavy (non-hydrogen) atoms. The van der Waals surface area contributed by atoms with E-state index in [1.54, 1.807) is 30.3 Å². The molecule has 0 bridgehead atoms. The monoisotopic (exact) mass is 355 g/mol. The number of carbonyl (C=O) groups excluding carboxylic acids is 1. The predicted octanol–water partition coefficient (Wildman–Crippen LogP) is 4.48. The van der Waals surface area contributed by atoms with Crippen LogP contribution < -0.4 is 5.32 Å². The summed E-state index contributed by atoms with van der Waals surface area (Å²) in [5, 5.41) is 3.19. The number of benzene rings is 2. The molecule has 0 unspecified atom stereocenters. The Morgan fingerprint density at radius 1 is 1.30 bits per heavy atom. The van der Waals surface area contributed by atoms with Crippen LogP contribution in [0.25, 0.3) is 0 Å². The van der Waals surface area contributed by atoms with Crippen LogP contribution in [0.5, 0.6) is 0 Å².